The van der Waals surface area contributed by atoms with E-state index >= 15 is 0 Å². The predicted octanol–water partition coefficient (Wildman–Crippen LogP) is 1.53. The van der Waals surface area contributed by atoms with Crippen LogP contribution in [0.15, 0.2) is 47.3 Å². The van der Waals surface area contributed by atoms with E-state index in [1.165, 1.54) is 16.8 Å². The number of rotatable bonds is 3. The molecule has 1 fully saturated rings. The molecule has 1 aromatic carbocycles. The highest BCUT2D eigenvalue weighted by Gasteiger charge is 2.21. The first kappa shape index (κ1) is 13.5. The fourth-order valence-electron chi connectivity index (χ4n) is 2.51. The lowest BCUT2D eigenvalue weighted by molar-refractivity contribution is 0.0784. The molecule has 0 unspecified atom stereocenters. The van der Waals surface area contributed by atoms with E-state index in [2.05, 4.69) is 5.10 Å². The second kappa shape index (κ2) is 5.91. The molecule has 0 aliphatic carbocycles. The minimum absolute atomic E-state index is 0.0886. The number of hydrogen-bond donors (Lipinski definition) is 0. The van der Waals surface area contributed by atoms with Gasteiger partial charge in [0.25, 0.3) is 11.5 Å². The van der Waals surface area contributed by atoms with Crippen LogP contribution in [0.5, 0.6) is 0 Å². The summed E-state index contributed by atoms with van der Waals surface area (Å²) in [5.74, 6) is -0.0886. The Balaban J connectivity index is 1.86. The van der Waals surface area contributed by atoms with E-state index in [1.54, 1.807) is 4.90 Å². The third-order valence-corrected chi connectivity index (χ3v) is 3.65. The smallest absolute Gasteiger partial charge is 0.274 e. The lowest BCUT2D eigenvalue weighted by atomic mass is 10.2. The molecule has 0 bridgehead atoms. The minimum atomic E-state index is -0.197. The van der Waals surface area contributed by atoms with Gasteiger partial charge in [-0.2, -0.15) is 5.10 Å². The number of likely N-dealkylation sites (tertiary alicyclic amines) is 1. The summed E-state index contributed by atoms with van der Waals surface area (Å²) in [5.41, 5.74) is 1.13. The zero-order valence-corrected chi connectivity index (χ0v) is 11.7. The van der Waals surface area contributed by atoms with E-state index in [0.29, 0.717) is 12.2 Å². The van der Waals surface area contributed by atoms with Crippen LogP contribution in [0.1, 0.15) is 28.9 Å². The molecule has 5 heteroatoms. The fourth-order valence-corrected chi connectivity index (χ4v) is 2.51. The largest absolute Gasteiger partial charge is 0.337 e. The first-order valence-electron chi connectivity index (χ1n) is 7.15. The van der Waals surface area contributed by atoms with Crippen molar-refractivity contribution in [1.29, 1.82) is 0 Å². The second-order valence-corrected chi connectivity index (χ2v) is 5.20. The van der Waals surface area contributed by atoms with E-state index in [-0.39, 0.29) is 11.5 Å². The highest BCUT2D eigenvalue weighted by atomic mass is 16.2. The highest BCUT2D eigenvalue weighted by Crippen LogP contribution is 2.10. The number of benzene rings is 1. The van der Waals surface area contributed by atoms with E-state index in [0.717, 1.165) is 31.5 Å². The summed E-state index contributed by atoms with van der Waals surface area (Å²) in [6.45, 7) is 1.93. The second-order valence-electron chi connectivity index (χ2n) is 5.20. The Hall–Kier alpha value is -2.43. The Bertz CT molecular complexity index is 688. The van der Waals surface area contributed by atoms with Gasteiger partial charge in [-0.25, -0.2) is 4.68 Å². The van der Waals surface area contributed by atoms with Gasteiger partial charge >= 0.3 is 0 Å². The topological polar surface area (TPSA) is 55.2 Å². The third-order valence-electron chi connectivity index (χ3n) is 3.65. The molecule has 0 atom stereocenters. The van der Waals surface area contributed by atoms with Gasteiger partial charge in [0.2, 0.25) is 0 Å². The van der Waals surface area contributed by atoms with E-state index in [9.17, 15) is 9.59 Å². The van der Waals surface area contributed by atoms with E-state index in [1.807, 2.05) is 30.3 Å². The molecule has 5 nitrogen and oxygen atoms in total. The van der Waals surface area contributed by atoms with Crippen molar-refractivity contribution in [3.05, 3.63) is 64.1 Å². The minimum Gasteiger partial charge on any atom is -0.337 e. The van der Waals surface area contributed by atoms with Crippen molar-refractivity contribution in [1.82, 2.24) is 14.7 Å². The first-order valence-corrected chi connectivity index (χ1v) is 7.15. The maximum Gasteiger partial charge on any atom is 0.274 e. The molecule has 0 radical (unpaired) electrons. The van der Waals surface area contributed by atoms with Crippen LogP contribution in [0.3, 0.4) is 0 Å². The van der Waals surface area contributed by atoms with Gasteiger partial charge in [0.05, 0.1) is 6.54 Å². The van der Waals surface area contributed by atoms with Crippen LogP contribution in [0, 0.1) is 0 Å². The molecular formula is C16H17N3O2. The first-order chi connectivity index (χ1) is 10.2. The molecule has 0 spiro atoms. The molecule has 1 amide bonds. The molecule has 1 aliphatic heterocycles. The van der Waals surface area contributed by atoms with E-state index in [4.69, 9.17) is 0 Å². The summed E-state index contributed by atoms with van der Waals surface area (Å²) in [6, 6.07) is 12.6. The number of nitrogens with zero attached hydrogens (tertiary/aromatic N) is 3. The Morgan fingerprint density at radius 1 is 1.05 bits per heavy atom. The number of carbonyl (C=O) groups is 1. The summed E-state index contributed by atoms with van der Waals surface area (Å²) in [7, 11) is 0. The monoisotopic (exact) mass is 283 g/mol. The quantitative estimate of drug-likeness (QED) is 0.858. The van der Waals surface area contributed by atoms with Gasteiger partial charge in [-0.05, 0) is 24.5 Å². The fraction of sp³-hybridized carbons (Fsp3) is 0.312. The number of hydrogen-bond acceptors (Lipinski definition) is 3. The molecule has 21 heavy (non-hydrogen) atoms. The van der Waals surface area contributed by atoms with Gasteiger partial charge in [0, 0.05) is 19.2 Å². The average Bonchev–Trinajstić information content (AvgIpc) is 3.04. The molecule has 1 saturated heterocycles. The molecule has 1 aromatic heterocycles. The maximum absolute atomic E-state index is 12.3. The molecule has 3 rings (SSSR count). The van der Waals surface area contributed by atoms with Gasteiger partial charge in [-0.15, -0.1) is 0 Å². The molecule has 0 saturated carbocycles. The summed E-state index contributed by atoms with van der Waals surface area (Å²) >= 11 is 0. The Morgan fingerprint density at radius 3 is 2.48 bits per heavy atom. The standard InChI is InChI=1S/C16H17N3O2/c20-15-9-8-14(16(21)18-10-4-5-11-18)17-19(15)12-13-6-2-1-3-7-13/h1-3,6-9H,4-5,10-12H2. The third kappa shape index (κ3) is 3.02. The molecule has 2 heterocycles. The van der Waals surface area contributed by atoms with Gasteiger partial charge in [0.15, 0.2) is 0 Å². The number of aromatic nitrogens is 2. The lowest BCUT2D eigenvalue weighted by Crippen LogP contribution is -2.32. The number of amides is 1. The van der Waals surface area contributed by atoms with Crippen molar-refractivity contribution in [2.75, 3.05) is 13.1 Å². The van der Waals surface area contributed by atoms with Crippen LogP contribution in [-0.4, -0.2) is 33.7 Å². The Morgan fingerprint density at radius 2 is 1.76 bits per heavy atom. The van der Waals surface area contributed by atoms with Gasteiger partial charge in [-0.3, -0.25) is 9.59 Å². The van der Waals surface area contributed by atoms with Gasteiger partial charge < -0.3 is 4.90 Å². The van der Waals surface area contributed by atoms with Crippen molar-refractivity contribution < 1.29 is 4.79 Å². The van der Waals surface area contributed by atoms with Crippen molar-refractivity contribution in [2.24, 2.45) is 0 Å². The Kier molecular flexibility index (Phi) is 3.81. The number of carbonyl (C=O) groups excluding carboxylic acids is 1. The van der Waals surface area contributed by atoms with Crippen LogP contribution < -0.4 is 5.56 Å². The predicted molar refractivity (Wildman–Crippen MR) is 79.2 cm³/mol. The van der Waals surface area contributed by atoms with Gasteiger partial charge in [0.1, 0.15) is 5.69 Å². The van der Waals surface area contributed by atoms with Gasteiger partial charge in [-0.1, -0.05) is 30.3 Å². The van der Waals surface area contributed by atoms with Crippen molar-refractivity contribution in [2.45, 2.75) is 19.4 Å². The zero-order valence-electron chi connectivity index (χ0n) is 11.7. The summed E-state index contributed by atoms with van der Waals surface area (Å²) < 4.78 is 1.35. The molecule has 108 valence electrons. The SMILES string of the molecule is O=C(c1ccc(=O)n(Cc2ccccc2)n1)N1CCCC1. The molecule has 1 aliphatic rings. The van der Waals surface area contributed by atoms with Crippen LogP contribution in [0.25, 0.3) is 0 Å². The highest BCUT2D eigenvalue weighted by molar-refractivity contribution is 5.92. The molecule has 0 N–H and O–H groups in total. The normalized spacial score (nSPS) is 14.4. The maximum atomic E-state index is 12.3. The van der Waals surface area contributed by atoms with E-state index < -0.39 is 0 Å². The van der Waals surface area contributed by atoms with Crippen molar-refractivity contribution in [3.8, 4) is 0 Å². The van der Waals surface area contributed by atoms with Crippen LogP contribution in [-0.2, 0) is 6.54 Å². The van der Waals surface area contributed by atoms with Crippen LogP contribution in [0.4, 0.5) is 0 Å². The van der Waals surface area contributed by atoms with Crippen molar-refractivity contribution in [3.63, 3.8) is 0 Å². The lowest BCUT2D eigenvalue weighted by Gasteiger charge is -2.15. The zero-order chi connectivity index (χ0) is 14.7. The van der Waals surface area contributed by atoms with Crippen LogP contribution in [0.2, 0.25) is 0 Å². The summed E-state index contributed by atoms with van der Waals surface area (Å²) in [5, 5.41) is 4.23. The van der Waals surface area contributed by atoms with Crippen molar-refractivity contribution >= 4 is 5.91 Å². The summed E-state index contributed by atoms with van der Waals surface area (Å²) in [6.07, 6.45) is 2.07. The molecule has 2 aromatic rings. The average molecular weight is 283 g/mol. The molecular weight excluding hydrogens is 266 g/mol. The van der Waals surface area contributed by atoms with Crippen LogP contribution >= 0.6 is 0 Å². The Labute approximate surface area is 122 Å². The summed E-state index contributed by atoms with van der Waals surface area (Å²) in [4.78, 5) is 26.0.